The van der Waals surface area contributed by atoms with Gasteiger partial charge in [-0.15, -0.1) is 0 Å². The minimum absolute atomic E-state index is 1.00. The monoisotopic (exact) mass is 347 g/mol. The van der Waals surface area contributed by atoms with Crippen molar-refractivity contribution in [2.24, 2.45) is 0 Å². The normalized spacial score (nSPS) is 16.5. The van der Waals surface area contributed by atoms with Gasteiger partial charge < -0.3 is 4.57 Å². The molecule has 134 valence electrons. The first kappa shape index (κ1) is 16.9. The van der Waals surface area contributed by atoms with Crippen LogP contribution in [0.2, 0.25) is 0 Å². The van der Waals surface area contributed by atoms with Gasteiger partial charge in [-0.1, -0.05) is 18.2 Å². The Labute approximate surface area is 154 Å². The summed E-state index contributed by atoms with van der Waals surface area (Å²) in [5, 5.41) is 0. The molecular weight excluding hydrogens is 322 g/mol. The highest BCUT2D eigenvalue weighted by atomic mass is 15.2. The Morgan fingerprint density at radius 3 is 2.19 bits per heavy atom. The minimum atomic E-state index is 1.00. The van der Waals surface area contributed by atoms with Gasteiger partial charge in [0, 0.05) is 56.7 Å². The summed E-state index contributed by atoms with van der Waals surface area (Å²) in [7, 11) is 0. The van der Waals surface area contributed by atoms with Crippen LogP contribution in [0.3, 0.4) is 0 Å². The van der Waals surface area contributed by atoms with Gasteiger partial charge >= 0.3 is 0 Å². The number of nitrogens with zero attached hydrogens (tertiary/aromatic N) is 5. The van der Waals surface area contributed by atoms with Crippen molar-refractivity contribution in [2.45, 2.75) is 19.5 Å². The number of hydrogen-bond donors (Lipinski definition) is 0. The minimum Gasteiger partial charge on any atom is -0.306 e. The summed E-state index contributed by atoms with van der Waals surface area (Å²) in [5.74, 6) is 0. The molecule has 2 aromatic heterocycles. The maximum Gasteiger partial charge on any atom is 0.0991 e. The summed E-state index contributed by atoms with van der Waals surface area (Å²) in [4.78, 5) is 13.4. The molecule has 0 saturated carbocycles. The van der Waals surface area contributed by atoms with Crippen LogP contribution in [0.25, 0.3) is 5.69 Å². The third kappa shape index (κ3) is 4.36. The van der Waals surface area contributed by atoms with Crippen LogP contribution in [-0.4, -0.2) is 50.5 Å². The third-order valence-corrected chi connectivity index (χ3v) is 4.96. The molecule has 1 aromatic carbocycles. The topological polar surface area (TPSA) is 37.2 Å². The zero-order valence-corrected chi connectivity index (χ0v) is 15.0. The summed E-state index contributed by atoms with van der Waals surface area (Å²) >= 11 is 0. The van der Waals surface area contributed by atoms with Crippen LogP contribution >= 0.6 is 0 Å². The van der Waals surface area contributed by atoms with E-state index in [4.69, 9.17) is 0 Å². The lowest BCUT2D eigenvalue weighted by Crippen LogP contribution is -2.30. The number of hydrogen-bond acceptors (Lipinski definition) is 4. The predicted molar refractivity (Wildman–Crippen MR) is 103 cm³/mol. The number of rotatable bonds is 5. The van der Waals surface area contributed by atoms with Gasteiger partial charge in [-0.05, 0) is 48.8 Å². The lowest BCUT2D eigenvalue weighted by Gasteiger charge is -2.22. The SMILES string of the molecule is c1cncc(CN2CCCN(Cc3ccc(-n4ccnc4)cc3)CC2)c1. The fourth-order valence-electron chi connectivity index (χ4n) is 3.53. The number of benzene rings is 1. The lowest BCUT2D eigenvalue weighted by atomic mass is 10.2. The largest absolute Gasteiger partial charge is 0.306 e. The van der Waals surface area contributed by atoms with Crippen molar-refractivity contribution in [3.63, 3.8) is 0 Å². The molecule has 1 aliphatic heterocycles. The van der Waals surface area contributed by atoms with Crippen molar-refractivity contribution < 1.29 is 0 Å². The van der Waals surface area contributed by atoms with Gasteiger partial charge in [0.1, 0.15) is 0 Å². The first-order valence-electron chi connectivity index (χ1n) is 9.28. The average Bonchev–Trinajstić information content (AvgIpc) is 3.13. The van der Waals surface area contributed by atoms with Crippen LogP contribution in [0.1, 0.15) is 17.5 Å². The summed E-state index contributed by atoms with van der Waals surface area (Å²) < 4.78 is 2.03. The molecule has 0 unspecified atom stereocenters. The van der Waals surface area contributed by atoms with Crippen molar-refractivity contribution in [1.29, 1.82) is 0 Å². The molecule has 0 radical (unpaired) electrons. The molecule has 5 heteroatoms. The Balaban J connectivity index is 1.31. The van der Waals surface area contributed by atoms with Crippen molar-refractivity contribution in [1.82, 2.24) is 24.3 Å². The van der Waals surface area contributed by atoms with Gasteiger partial charge in [0.05, 0.1) is 6.33 Å². The third-order valence-electron chi connectivity index (χ3n) is 4.96. The number of aromatic nitrogens is 3. The molecular formula is C21H25N5. The molecule has 1 saturated heterocycles. The fourth-order valence-corrected chi connectivity index (χ4v) is 3.53. The van der Waals surface area contributed by atoms with E-state index in [2.05, 4.69) is 50.1 Å². The van der Waals surface area contributed by atoms with E-state index in [1.807, 2.05) is 41.7 Å². The number of imidazole rings is 1. The standard InChI is InChI=1S/C21H25N5/c1-3-20(15-22-8-1)17-25-11-2-10-24(13-14-25)16-19-4-6-21(7-5-19)26-12-9-23-18-26/h1,3-9,12,15,18H,2,10-11,13-14,16-17H2. The van der Waals surface area contributed by atoms with Crippen LogP contribution < -0.4 is 0 Å². The predicted octanol–water partition coefficient (Wildman–Crippen LogP) is 2.98. The molecule has 5 nitrogen and oxygen atoms in total. The van der Waals surface area contributed by atoms with Gasteiger partial charge in [0.2, 0.25) is 0 Å². The Hall–Kier alpha value is -2.50. The van der Waals surface area contributed by atoms with Gasteiger partial charge in [-0.3, -0.25) is 14.8 Å². The van der Waals surface area contributed by atoms with E-state index in [9.17, 15) is 0 Å². The molecule has 4 rings (SSSR count). The molecule has 1 aliphatic rings. The zero-order valence-electron chi connectivity index (χ0n) is 15.0. The second kappa shape index (κ2) is 8.25. The van der Waals surface area contributed by atoms with Crippen LogP contribution in [0.4, 0.5) is 0 Å². The molecule has 0 N–H and O–H groups in total. The van der Waals surface area contributed by atoms with Gasteiger partial charge in [0.15, 0.2) is 0 Å². The first-order valence-corrected chi connectivity index (χ1v) is 9.28. The van der Waals surface area contributed by atoms with E-state index < -0.39 is 0 Å². The molecule has 0 atom stereocenters. The van der Waals surface area contributed by atoms with Gasteiger partial charge in [-0.2, -0.15) is 0 Å². The molecule has 0 bridgehead atoms. The Morgan fingerprint density at radius 2 is 1.54 bits per heavy atom. The summed E-state index contributed by atoms with van der Waals surface area (Å²) in [5.41, 5.74) is 3.83. The Kier molecular flexibility index (Phi) is 5.38. The van der Waals surface area contributed by atoms with Crippen LogP contribution in [-0.2, 0) is 13.1 Å². The van der Waals surface area contributed by atoms with Crippen LogP contribution in [0.15, 0.2) is 67.5 Å². The van der Waals surface area contributed by atoms with E-state index >= 15 is 0 Å². The van der Waals surface area contributed by atoms with Crippen molar-refractivity contribution in [2.75, 3.05) is 26.2 Å². The highest BCUT2D eigenvalue weighted by Crippen LogP contribution is 2.14. The molecule has 3 aromatic rings. The Morgan fingerprint density at radius 1 is 0.769 bits per heavy atom. The first-order chi connectivity index (χ1) is 12.9. The zero-order chi connectivity index (χ0) is 17.6. The number of pyridine rings is 1. The molecule has 0 spiro atoms. The van der Waals surface area contributed by atoms with E-state index in [-0.39, 0.29) is 0 Å². The maximum absolute atomic E-state index is 4.23. The van der Waals surface area contributed by atoms with Crippen LogP contribution in [0, 0.1) is 0 Å². The Bertz CT molecular complexity index is 783. The summed E-state index contributed by atoms with van der Waals surface area (Å²) in [6.07, 6.45) is 10.6. The van der Waals surface area contributed by atoms with Gasteiger partial charge in [-0.25, -0.2) is 4.98 Å². The quantitative estimate of drug-likeness (QED) is 0.711. The highest BCUT2D eigenvalue weighted by molar-refractivity contribution is 5.34. The molecule has 1 fully saturated rings. The van der Waals surface area contributed by atoms with E-state index in [0.29, 0.717) is 0 Å². The molecule has 3 heterocycles. The summed E-state index contributed by atoms with van der Waals surface area (Å²) in [6.45, 7) is 6.57. The van der Waals surface area contributed by atoms with Crippen molar-refractivity contribution in [3.05, 3.63) is 78.6 Å². The van der Waals surface area contributed by atoms with Crippen molar-refractivity contribution >= 4 is 0 Å². The summed E-state index contributed by atoms with van der Waals surface area (Å²) in [6, 6.07) is 13.0. The van der Waals surface area contributed by atoms with Crippen LogP contribution in [0.5, 0.6) is 0 Å². The smallest absolute Gasteiger partial charge is 0.0991 e. The van der Waals surface area contributed by atoms with E-state index in [1.165, 1.54) is 17.5 Å². The van der Waals surface area contributed by atoms with E-state index in [1.54, 1.807) is 0 Å². The fraction of sp³-hybridized carbons (Fsp3) is 0.333. The lowest BCUT2D eigenvalue weighted by molar-refractivity contribution is 0.247. The molecule has 0 aliphatic carbocycles. The maximum atomic E-state index is 4.23. The highest BCUT2D eigenvalue weighted by Gasteiger charge is 2.15. The average molecular weight is 347 g/mol. The van der Waals surface area contributed by atoms with E-state index in [0.717, 1.165) is 45.0 Å². The van der Waals surface area contributed by atoms with Gasteiger partial charge in [0.25, 0.3) is 0 Å². The molecule has 0 amide bonds. The molecule has 26 heavy (non-hydrogen) atoms. The van der Waals surface area contributed by atoms with Crippen molar-refractivity contribution in [3.8, 4) is 5.69 Å². The second-order valence-corrected chi connectivity index (χ2v) is 6.90. The second-order valence-electron chi connectivity index (χ2n) is 6.90.